The minimum absolute atomic E-state index is 0.0443. The van der Waals surface area contributed by atoms with Crippen LogP contribution in [0.25, 0.3) is 0 Å². The van der Waals surface area contributed by atoms with E-state index < -0.39 is 35.3 Å². The first-order valence-corrected chi connectivity index (χ1v) is 5.36. The molecule has 3 nitrogen and oxygen atoms in total. The summed E-state index contributed by atoms with van der Waals surface area (Å²) in [5.74, 6) is -2.57. The van der Waals surface area contributed by atoms with Gasteiger partial charge in [-0.2, -0.15) is 13.2 Å². The summed E-state index contributed by atoms with van der Waals surface area (Å²) in [6.45, 7) is 1.50. The first-order valence-electron chi connectivity index (χ1n) is 5.36. The molecule has 2 N–H and O–H groups in total. The number of carboxylic acid groups (broad SMARTS) is 1. The van der Waals surface area contributed by atoms with E-state index in [1.807, 2.05) is 0 Å². The predicted octanol–water partition coefficient (Wildman–Crippen LogP) is 2.85. The van der Waals surface area contributed by atoms with Crippen LogP contribution in [-0.4, -0.2) is 16.2 Å². The SMILES string of the molecule is CCC(C(=O)O)C(O)c1ccccc1C(F)(F)F. The molecule has 0 bridgehead atoms. The average molecular weight is 262 g/mol. The van der Waals surface area contributed by atoms with Crippen LogP contribution in [0.5, 0.6) is 0 Å². The summed E-state index contributed by atoms with van der Waals surface area (Å²) in [5, 5.41) is 18.7. The van der Waals surface area contributed by atoms with Gasteiger partial charge in [-0.15, -0.1) is 0 Å². The number of benzene rings is 1. The maximum absolute atomic E-state index is 12.7. The van der Waals surface area contributed by atoms with Gasteiger partial charge in [-0.3, -0.25) is 4.79 Å². The number of alkyl halides is 3. The molecule has 0 heterocycles. The van der Waals surface area contributed by atoms with Crippen LogP contribution < -0.4 is 0 Å². The van der Waals surface area contributed by atoms with Crippen molar-refractivity contribution in [2.24, 2.45) is 5.92 Å². The van der Waals surface area contributed by atoms with Crippen LogP contribution >= 0.6 is 0 Å². The Morgan fingerprint density at radius 2 is 1.89 bits per heavy atom. The van der Waals surface area contributed by atoms with E-state index in [9.17, 15) is 23.1 Å². The molecule has 0 spiro atoms. The summed E-state index contributed by atoms with van der Waals surface area (Å²) < 4.78 is 38.2. The lowest BCUT2D eigenvalue weighted by Gasteiger charge is -2.21. The van der Waals surface area contributed by atoms with Crippen molar-refractivity contribution in [2.75, 3.05) is 0 Å². The number of aliphatic hydroxyl groups is 1. The smallest absolute Gasteiger partial charge is 0.416 e. The molecule has 2 atom stereocenters. The van der Waals surface area contributed by atoms with Crippen molar-refractivity contribution in [3.05, 3.63) is 35.4 Å². The van der Waals surface area contributed by atoms with Crippen molar-refractivity contribution in [2.45, 2.75) is 25.6 Å². The standard InChI is InChI=1S/C12H13F3O3/c1-2-7(11(17)18)10(16)8-5-3-4-6-9(8)12(13,14)15/h3-7,10,16H,2H2,1H3,(H,17,18). The molecule has 0 aliphatic rings. The quantitative estimate of drug-likeness (QED) is 0.877. The first-order chi connectivity index (χ1) is 8.29. The molecule has 0 saturated heterocycles. The summed E-state index contributed by atoms with van der Waals surface area (Å²) in [6, 6.07) is 4.45. The molecule has 6 heteroatoms. The Bertz CT molecular complexity index is 429. The highest BCUT2D eigenvalue weighted by Gasteiger charge is 2.37. The van der Waals surface area contributed by atoms with Gasteiger partial charge in [0.05, 0.1) is 17.6 Å². The Labute approximate surface area is 102 Å². The van der Waals surface area contributed by atoms with Gasteiger partial charge in [0.1, 0.15) is 0 Å². The van der Waals surface area contributed by atoms with E-state index in [0.717, 1.165) is 12.1 Å². The number of carboxylic acids is 1. The minimum atomic E-state index is -4.62. The Balaban J connectivity index is 3.21. The van der Waals surface area contributed by atoms with Crippen molar-refractivity contribution >= 4 is 5.97 Å². The Morgan fingerprint density at radius 1 is 1.33 bits per heavy atom. The van der Waals surface area contributed by atoms with Crippen molar-refractivity contribution in [1.82, 2.24) is 0 Å². The molecule has 18 heavy (non-hydrogen) atoms. The van der Waals surface area contributed by atoms with Gasteiger partial charge in [-0.1, -0.05) is 25.1 Å². The number of rotatable bonds is 4. The molecule has 1 aromatic rings. The Hall–Kier alpha value is -1.56. The van der Waals surface area contributed by atoms with Gasteiger partial charge in [-0.25, -0.2) is 0 Å². The molecule has 0 fully saturated rings. The van der Waals surface area contributed by atoms with Gasteiger partial charge >= 0.3 is 12.1 Å². The van der Waals surface area contributed by atoms with Gasteiger partial charge in [-0.05, 0) is 18.1 Å². The maximum Gasteiger partial charge on any atom is 0.416 e. The average Bonchev–Trinajstić information content (AvgIpc) is 2.28. The Kier molecular flexibility index (Phi) is 4.34. The number of hydrogen-bond acceptors (Lipinski definition) is 2. The molecule has 2 unspecified atom stereocenters. The fourth-order valence-electron chi connectivity index (χ4n) is 1.76. The van der Waals surface area contributed by atoms with Gasteiger partial charge < -0.3 is 10.2 Å². The molecule has 0 saturated carbocycles. The molecule has 0 aliphatic heterocycles. The number of aliphatic carboxylic acids is 1. The van der Waals surface area contributed by atoms with Gasteiger partial charge in [0.25, 0.3) is 0 Å². The topological polar surface area (TPSA) is 57.5 Å². The van der Waals surface area contributed by atoms with Gasteiger partial charge in [0.15, 0.2) is 0 Å². The molecule has 0 radical (unpaired) electrons. The second-order valence-electron chi connectivity index (χ2n) is 3.88. The summed E-state index contributed by atoms with van der Waals surface area (Å²) in [5.41, 5.74) is -1.41. The molecule has 100 valence electrons. The van der Waals surface area contributed by atoms with Crippen LogP contribution in [0.2, 0.25) is 0 Å². The molecule has 1 rings (SSSR count). The zero-order valence-electron chi connectivity index (χ0n) is 9.61. The molecule has 1 aromatic carbocycles. The number of halogens is 3. The maximum atomic E-state index is 12.7. The van der Waals surface area contributed by atoms with Crippen molar-refractivity contribution < 1.29 is 28.2 Å². The van der Waals surface area contributed by atoms with E-state index in [1.54, 1.807) is 0 Å². The second-order valence-corrected chi connectivity index (χ2v) is 3.88. The van der Waals surface area contributed by atoms with Crippen molar-refractivity contribution in [1.29, 1.82) is 0 Å². The first kappa shape index (κ1) is 14.5. The van der Waals surface area contributed by atoms with Crippen LogP contribution in [0.4, 0.5) is 13.2 Å². The largest absolute Gasteiger partial charge is 0.481 e. The van der Waals surface area contributed by atoms with Gasteiger partial charge in [0.2, 0.25) is 0 Å². The lowest BCUT2D eigenvalue weighted by Crippen LogP contribution is -2.23. The van der Waals surface area contributed by atoms with E-state index in [2.05, 4.69) is 0 Å². The summed E-state index contributed by atoms with van der Waals surface area (Å²) in [6.07, 6.45) is -6.25. The van der Waals surface area contributed by atoms with Crippen LogP contribution in [-0.2, 0) is 11.0 Å². The van der Waals surface area contributed by atoms with Crippen LogP contribution in [0, 0.1) is 5.92 Å². The van der Waals surface area contributed by atoms with E-state index in [1.165, 1.54) is 19.1 Å². The number of hydrogen-bond donors (Lipinski definition) is 2. The Morgan fingerprint density at radius 3 is 2.33 bits per heavy atom. The third kappa shape index (κ3) is 3.01. The van der Waals surface area contributed by atoms with Crippen LogP contribution in [0.1, 0.15) is 30.6 Å². The summed E-state index contributed by atoms with van der Waals surface area (Å²) in [4.78, 5) is 10.9. The molecular weight excluding hydrogens is 249 g/mol. The van der Waals surface area contributed by atoms with E-state index in [-0.39, 0.29) is 6.42 Å². The predicted molar refractivity (Wildman–Crippen MR) is 57.8 cm³/mol. The number of carbonyl (C=O) groups is 1. The lowest BCUT2D eigenvalue weighted by molar-refractivity contribution is -0.148. The fraction of sp³-hybridized carbons (Fsp3) is 0.417. The summed E-state index contributed by atoms with van der Waals surface area (Å²) >= 11 is 0. The highest BCUT2D eigenvalue weighted by molar-refractivity contribution is 5.71. The minimum Gasteiger partial charge on any atom is -0.481 e. The highest BCUT2D eigenvalue weighted by atomic mass is 19.4. The third-order valence-corrected chi connectivity index (χ3v) is 2.72. The zero-order chi connectivity index (χ0) is 13.9. The molecule has 0 aliphatic carbocycles. The third-order valence-electron chi connectivity index (χ3n) is 2.72. The zero-order valence-corrected chi connectivity index (χ0v) is 9.61. The van der Waals surface area contributed by atoms with Crippen LogP contribution in [0.15, 0.2) is 24.3 Å². The van der Waals surface area contributed by atoms with E-state index in [0.29, 0.717) is 0 Å². The molecule has 0 amide bonds. The van der Waals surface area contributed by atoms with E-state index in [4.69, 9.17) is 5.11 Å². The van der Waals surface area contributed by atoms with Crippen LogP contribution in [0.3, 0.4) is 0 Å². The van der Waals surface area contributed by atoms with E-state index >= 15 is 0 Å². The second kappa shape index (κ2) is 5.39. The van der Waals surface area contributed by atoms with Crippen molar-refractivity contribution in [3.8, 4) is 0 Å². The summed E-state index contributed by atoms with van der Waals surface area (Å²) in [7, 11) is 0. The monoisotopic (exact) mass is 262 g/mol. The van der Waals surface area contributed by atoms with Gasteiger partial charge in [0, 0.05) is 0 Å². The highest BCUT2D eigenvalue weighted by Crippen LogP contribution is 2.37. The molecule has 0 aromatic heterocycles. The molecular formula is C12H13F3O3. The fourth-order valence-corrected chi connectivity index (χ4v) is 1.76. The van der Waals surface area contributed by atoms with Crippen molar-refractivity contribution in [3.63, 3.8) is 0 Å². The number of aliphatic hydroxyl groups excluding tert-OH is 1. The normalized spacial score (nSPS) is 15.2. The lowest BCUT2D eigenvalue weighted by atomic mass is 9.90.